The summed E-state index contributed by atoms with van der Waals surface area (Å²) >= 11 is 0. The van der Waals surface area contributed by atoms with Crippen LogP contribution in [-0.2, 0) is 20.0 Å². The molecule has 2 fully saturated rings. The largest absolute Gasteiger partial charge is 0.437 e. The Bertz CT molecular complexity index is 1550. The van der Waals surface area contributed by atoms with Crippen molar-refractivity contribution in [3.05, 3.63) is 76.5 Å². The average Bonchev–Trinajstić information content (AvgIpc) is 3.67. The van der Waals surface area contributed by atoms with Gasteiger partial charge in [0, 0.05) is 64.0 Å². The van der Waals surface area contributed by atoms with Crippen LogP contribution in [0.1, 0.15) is 45.5 Å². The molecule has 8 nitrogen and oxygen atoms in total. The highest BCUT2D eigenvalue weighted by atomic mass is 16.5. The number of Topliss-reactive ketones (excluding diaryl/α,β-unsaturated/α-hetero) is 1. The van der Waals surface area contributed by atoms with Gasteiger partial charge >= 0.3 is 0 Å². The predicted octanol–water partition coefficient (Wildman–Crippen LogP) is 5.12. The molecule has 1 aliphatic heterocycles. The van der Waals surface area contributed by atoms with E-state index in [0.717, 1.165) is 73.3 Å². The van der Waals surface area contributed by atoms with Crippen molar-refractivity contribution >= 4 is 22.8 Å². The average molecular weight is 539 g/mol. The third kappa shape index (κ3) is 5.88. The molecule has 1 N–H and O–H groups in total. The van der Waals surface area contributed by atoms with Crippen molar-refractivity contribution in [2.24, 2.45) is 7.05 Å². The molecule has 0 radical (unpaired) electrons. The molecule has 0 unspecified atom stereocenters. The lowest BCUT2D eigenvalue weighted by molar-refractivity contribution is 0.0992. The number of aromatic nitrogens is 3. The Morgan fingerprint density at radius 2 is 1.75 bits per heavy atom. The van der Waals surface area contributed by atoms with Crippen molar-refractivity contribution in [2.75, 3.05) is 38.5 Å². The van der Waals surface area contributed by atoms with E-state index in [0.29, 0.717) is 30.0 Å². The van der Waals surface area contributed by atoms with Crippen molar-refractivity contribution < 1.29 is 9.53 Å². The van der Waals surface area contributed by atoms with Gasteiger partial charge in [-0.2, -0.15) is 4.98 Å². The molecule has 1 aliphatic carbocycles. The third-order valence-electron chi connectivity index (χ3n) is 8.14. The van der Waals surface area contributed by atoms with Crippen LogP contribution in [0.5, 0.6) is 11.6 Å². The number of likely N-dealkylation sites (N-methyl/N-ethyl adjacent to an activating group) is 1. The second-order valence-corrected chi connectivity index (χ2v) is 11.4. The number of benzene rings is 2. The van der Waals surface area contributed by atoms with Gasteiger partial charge in [0.25, 0.3) is 0 Å². The topological polar surface area (TPSA) is 75.5 Å². The summed E-state index contributed by atoms with van der Waals surface area (Å²) in [6, 6.07) is 14.5. The van der Waals surface area contributed by atoms with Gasteiger partial charge in [0.15, 0.2) is 5.78 Å². The Morgan fingerprint density at radius 1 is 0.950 bits per heavy atom. The van der Waals surface area contributed by atoms with E-state index in [1.807, 2.05) is 61.1 Å². The molecule has 8 heteroatoms. The number of nitrogens with one attached hydrogen (secondary N) is 1. The first-order valence-corrected chi connectivity index (χ1v) is 14.2. The highest BCUT2D eigenvalue weighted by Gasteiger charge is 2.23. The maximum absolute atomic E-state index is 13.4. The molecule has 40 heavy (non-hydrogen) atoms. The van der Waals surface area contributed by atoms with Crippen LogP contribution in [0.25, 0.3) is 11.0 Å². The Balaban J connectivity index is 1.18. The molecule has 6 rings (SSSR count). The van der Waals surface area contributed by atoms with E-state index in [2.05, 4.69) is 40.1 Å². The number of carbonyl (C=O) groups excluding carboxylic acids is 1. The number of nitrogens with zero attached hydrogens (tertiary/aromatic N) is 5. The number of fused-ring (bicyclic) bond motifs is 1. The van der Waals surface area contributed by atoms with Gasteiger partial charge in [-0.25, -0.2) is 4.98 Å². The molecule has 208 valence electrons. The first-order chi connectivity index (χ1) is 19.3. The number of ether oxygens (including phenoxy) is 1. The second-order valence-electron chi connectivity index (χ2n) is 11.4. The van der Waals surface area contributed by atoms with E-state index in [1.165, 1.54) is 11.1 Å². The summed E-state index contributed by atoms with van der Waals surface area (Å²) in [5.74, 6) is 1.86. The summed E-state index contributed by atoms with van der Waals surface area (Å²) in [5, 5.41) is 3.38. The number of hydrogen-bond donors (Lipinski definition) is 1. The minimum absolute atomic E-state index is 0.109. The molecule has 3 heterocycles. The summed E-state index contributed by atoms with van der Waals surface area (Å²) in [6.07, 6.45) is 4.56. The van der Waals surface area contributed by atoms with Gasteiger partial charge in [-0.15, -0.1) is 0 Å². The fourth-order valence-corrected chi connectivity index (χ4v) is 5.28. The molecule has 4 aromatic rings. The Morgan fingerprint density at radius 3 is 2.50 bits per heavy atom. The number of ketones is 1. The van der Waals surface area contributed by atoms with E-state index in [9.17, 15) is 4.79 Å². The minimum Gasteiger partial charge on any atom is -0.437 e. The van der Waals surface area contributed by atoms with Gasteiger partial charge < -0.3 is 19.5 Å². The van der Waals surface area contributed by atoms with Gasteiger partial charge in [0.1, 0.15) is 11.3 Å². The summed E-state index contributed by atoms with van der Waals surface area (Å²) in [5.41, 5.74) is 6.91. The highest BCUT2D eigenvalue weighted by molar-refractivity contribution is 5.98. The number of hydrogen-bond acceptors (Lipinski definition) is 7. The van der Waals surface area contributed by atoms with Crippen LogP contribution in [0.4, 0.5) is 5.95 Å². The Hall–Kier alpha value is -3.75. The van der Waals surface area contributed by atoms with E-state index in [-0.39, 0.29) is 5.78 Å². The quantitative estimate of drug-likeness (QED) is 0.296. The number of carbonyl (C=O) groups is 1. The molecular weight excluding hydrogens is 500 g/mol. The van der Waals surface area contributed by atoms with Crippen LogP contribution in [0, 0.1) is 13.8 Å². The molecule has 1 saturated heterocycles. The molecular formula is C32H38N6O2. The van der Waals surface area contributed by atoms with Crippen LogP contribution in [0.15, 0.2) is 48.7 Å². The lowest BCUT2D eigenvalue weighted by Crippen LogP contribution is -2.43. The van der Waals surface area contributed by atoms with E-state index < -0.39 is 0 Å². The number of rotatable bonds is 9. The Labute approximate surface area is 236 Å². The lowest BCUT2D eigenvalue weighted by atomic mass is 9.96. The molecule has 2 aromatic heterocycles. The molecule has 0 atom stereocenters. The smallest absolute Gasteiger partial charge is 0.249 e. The minimum atomic E-state index is 0.109. The fraction of sp³-hybridized carbons (Fsp3) is 0.406. The summed E-state index contributed by atoms with van der Waals surface area (Å²) in [4.78, 5) is 27.6. The highest BCUT2D eigenvalue weighted by Crippen LogP contribution is 2.32. The van der Waals surface area contributed by atoms with Crippen LogP contribution in [0.3, 0.4) is 0 Å². The van der Waals surface area contributed by atoms with Crippen LogP contribution in [-0.4, -0.2) is 69.4 Å². The van der Waals surface area contributed by atoms with E-state index in [4.69, 9.17) is 9.72 Å². The van der Waals surface area contributed by atoms with Gasteiger partial charge in [-0.05, 0) is 80.3 Å². The normalized spacial score (nSPS) is 16.4. The molecule has 1 saturated carbocycles. The monoisotopic (exact) mass is 538 g/mol. The molecule has 2 aromatic carbocycles. The van der Waals surface area contributed by atoms with Crippen molar-refractivity contribution in [2.45, 2.75) is 45.7 Å². The van der Waals surface area contributed by atoms with Gasteiger partial charge in [0.2, 0.25) is 11.8 Å². The molecule has 2 aliphatic rings. The number of aryl methyl sites for hydroxylation is 3. The number of piperazine rings is 1. The van der Waals surface area contributed by atoms with Crippen LogP contribution >= 0.6 is 0 Å². The Kier molecular flexibility index (Phi) is 7.29. The molecule has 0 spiro atoms. The number of anilines is 1. The lowest BCUT2D eigenvalue weighted by Gasteiger charge is -2.32. The summed E-state index contributed by atoms with van der Waals surface area (Å²) in [7, 11) is 4.14. The van der Waals surface area contributed by atoms with Crippen molar-refractivity contribution in [1.29, 1.82) is 0 Å². The fourth-order valence-electron chi connectivity index (χ4n) is 5.28. The first-order valence-electron chi connectivity index (χ1n) is 14.2. The zero-order valence-electron chi connectivity index (χ0n) is 23.9. The van der Waals surface area contributed by atoms with Gasteiger partial charge in [-0.3, -0.25) is 9.69 Å². The predicted molar refractivity (Wildman–Crippen MR) is 158 cm³/mol. The third-order valence-corrected chi connectivity index (χ3v) is 8.14. The molecule has 0 bridgehead atoms. The SMILES string of the molecule is Cc1ccc(Oc2nc(NC3CC3)nc3ccn(C)c23)cc1CC(=O)c1ccc(CN2CCN(C)CC2)c(C)c1. The standard InChI is InChI=1S/C32H38N6O2/c1-21-5-10-27(40-31-30-28(11-12-37(30)4)34-32(35-31)33-26-8-9-26)18-25(21)19-29(39)23-6-7-24(22(2)17-23)20-38-15-13-36(3)14-16-38/h5-7,10-12,17-18,26H,8-9,13-16,19-20H2,1-4H3,(H,33,34,35). The maximum Gasteiger partial charge on any atom is 0.249 e. The maximum atomic E-state index is 13.4. The second kappa shape index (κ2) is 11.0. The van der Waals surface area contributed by atoms with Gasteiger partial charge in [0.05, 0.1) is 5.52 Å². The van der Waals surface area contributed by atoms with Crippen molar-refractivity contribution in [3.63, 3.8) is 0 Å². The molecule has 0 amide bonds. The van der Waals surface area contributed by atoms with E-state index in [1.54, 1.807) is 0 Å². The van der Waals surface area contributed by atoms with Crippen LogP contribution < -0.4 is 10.1 Å². The summed E-state index contributed by atoms with van der Waals surface area (Å²) < 4.78 is 8.31. The van der Waals surface area contributed by atoms with E-state index >= 15 is 0 Å². The van der Waals surface area contributed by atoms with Gasteiger partial charge in [-0.1, -0.05) is 18.2 Å². The summed E-state index contributed by atoms with van der Waals surface area (Å²) in [6.45, 7) is 9.44. The van der Waals surface area contributed by atoms with Crippen molar-refractivity contribution in [1.82, 2.24) is 24.3 Å². The zero-order valence-corrected chi connectivity index (χ0v) is 23.9. The van der Waals surface area contributed by atoms with Crippen molar-refractivity contribution in [3.8, 4) is 11.6 Å². The van der Waals surface area contributed by atoms with Crippen LogP contribution in [0.2, 0.25) is 0 Å². The zero-order chi connectivity index (χ0) is 27.8. The first kappa shape index (κ1) is 26.5.